The third-order valence-corrected chi connectivity index (χ3v) is 7.62. The first kappa shape index (κ1) is 23.8. The van der Waals surface area contributed by atoms with E-state index in [4.69, 9.17) is 15.2 Å². The third kappa shape index (κ3) is 2.99. The number of fused-ring (bicyclic) bond motifs is 4. The fourth-order valence-corrected chi connectivity index (χ4v) is 5.87. The summed E-state index contributed by atoms with van der Waals surface area (Å²) in [6.45, 7) is 0.0429. The maximum atomic E-state index is 13.8. The first-order chi connectivity index (χ1) is 18.1. The minimum absolute atomic E-state index is 0.0429. The molecule has 1 amide bonds. The molecule has 7 N–H and O–H groups in total. The van der Waals surface area contributed by atoms with Crippen molar-refractivity contribution in [2.75, 3.05) is 6.79 Å². The molecule has 3 aliphatic carbocycles. The number of hydrogen-bond donors (Lipinski definition) is 6. The summed E-state index contributed by atoms with van der Waals surface area (Å²) in [5.41, 5.74) is 1.89. The van der Waals surface area contributed by atoms with Crippen LogP contribution in [-0.4, -0.2) is 61.5 Å². The van der Waals surface area contributed by atoms with E-state index in [9.17, 15) is 39.9 Å². The van der Waals surface area contributed by atoms with Gasteiger partial charge in [0.25, 0.3) is 5.91 Å². The fourth-order valence-electron chi connectivity index (χ4n) is 5.87. The van der Waals surface area contributed by atoms with Crippen molar-refractivity contribution in [3.8, 4) is 17.2 Å². The van der Waals surface area contributed by atoms with Crippen molar-refractivity contribution in [1.82, 2.24) is 0 Å². The molecular weight excluding hydrogens is 498 g/mol. The van der Waals surface area contributed by atoms with Crippen molar-refractivity contribution in [1.29, 1.82) is 0 Å². The molecule has 194 valence electrons. The Bertz CT molecular complexity index is 1570. The van der Waals surface area contributed by atoms with E-state index < -0.39 is 70.1 Å². The average molecular weight is 519 g/mol. The Labute approximate surface area is 214 Å². The topological polar surface area (TPSA) is 197 Å². The standard InChI is InChI=1S/C27H21NO10/c28-26(35)20-15(30)8-13-22(31)19-12(6-10-4-5-16-17(7-10)38-9-37-16)11-2-1-3-14(29)18(11)23(32)21(19)25(34)27(13,36)24(20)33/h1-7,13,19,22,29,31-33,36H,8-9H2,(H2,28,35)/b12-6+. The maximum absolute atomic E-state index is 13.8. The summed E-state index contributed by atoms with van der Waals surface area (Å²) in [5, 5.41) is 55.6. The van der Waals surface area contributed by atoms with Crippen molar-refractivity contribution in [2.24, 2.45) is 17.6 Å². The molecule has 1 heterocycles. The summed E-state index contributed by atoms with van der Waals surface area (Å²) in [4.78, 5) is 38.4. The number of aliphatic hydroxyl groups excluding tert-OH is 3. The quantitative estimate of drug-likeness (QED) is 0.313. The van der Waals surface area contributed by atoms with Crippen molar-refractivity contribution in [2.45, 2.75) is 18.1 Å². The summed E-state index contributed by atoms with van der Waals surface area (Å²) < 4.78 is 10.8. The highest BCUT2D eigenvalue weighted by Gasteiger charge is 2.64. The van der Waals surface area contributed by atoms with E-state index >= 15 is 0 Å². The number of benzene rings is 2. The number of Topliss-reactive ketones (excluding diaryl/α,β-unsaturated/α-hetero) is 2. The Hall–Kier alpha value is -4.61. The Morgan fingerprint density at radius 3 is 2.55 bits per heavy atom. The van der Waals surface area contributed by atoms with E-state index in [0.29, 0.717) is 28.2 Å². The zero-order valence-corrected chi connectivity index (χ0v) is 19.5. The fraction of sp³-hybridized carbons (Fsp3) is 0.222. The third-order valence-electron chi connectivity index (χ3n) is 7.62. The minimum atomic E-state index is -2.91. The Balaban J connectivity index is 1.61. The largest absolute Gasteiger partial charge is 0.508 e. The second-order valence-corrected chi connectivity index (χ2v) is 9.56. The monoisotopic (exact) mass is 519 g/mol. The zero-order chi connectivity index (χ0) is 27.1. The summed E-state index contributed by atoms with van der Waals surface area (Å²) in [7, 11) is 0. The molecule has 38 heavy (non-hydrogen) atoms. The summed E-state index contributed by atoms with van der Waals surface area (Å²) in [6.07, 6.45) is -0.737. The van der Waals surface area contributed by atoms with E-state index in [1.54, 1.807) is 30.3 Å². The number of phenolic OH excluding ortho intramolecular Hbond substituents is 1. The molecular formula is C27H21NO10. The van der Waals surface area contributed by atoms with Crippen LogP contribution in [0.1, 0.15) is 23.1 Å². The van der Waals surface area contributed by atoms with Gasteiger partial charge >= 0.3 is 0 Å². The van der Waals surface area contributed by atoms with Gasteiger partial charge in [-0.05, 0) is 34.9 Å². The van der Waals surface area contributed by atoms with Crippen LogP contribution in [-0.2, 0) is 14.4 Å². The van der Waals surface area contributed by atoms with Gasteiger partial charge in [0.15, 0.2) is 22.9 Å². The van der Waals surface area contributed by atoms with Crippen LogP contribution >= 0.6 is 0 Å². The van der Waals surface area contributed by atoms with E-state index in [1.165, 1.54) is 12.1 Å². The van der Waals surface area contributed by atoms with Crippen LogP contribution in [0.25, 0.3) is 17.4 Å². The molecule has 4 aliphatic rings. The number of ketones is 2. The average Bonchev–Trinajstić information content (AvgIpc) is 3.34. The van der Waals surface area contributed by atoms with Crippen LogP contribution in [0.5, 0.6) is 17.2 Å². The normalized spacial score (nSPS) is 28.8. The van der Waals surface area contributed by atoms with E-state index in [-0.39, 0.29) is 18.1 Å². The van der Waals surface area contributed by atoms with Crippen molar-refractivity contribution < 1.29 is 49.4 Å². The Morgan fingerprint density at radius 1 is 1.08 bits per heavy atom. The minimum Gasteiger partial charge on any atom is -0.508 e. The van der Waals surface area contributed by atoms with Crippen LogP contribution < -0.4 is 15.2 Å². The number of amides is 1. The first-order valence-corrected chi connectivity index (χ1v) is 11.6. The number of nitrogens with two attached hydrogens (primary N) is 1. The number of aromatic hydroxyl groups is 1. The van der Waals surface area contributed by atoms with E-state index in [2.05, 4.69) is 0 Å². The van der Waals surface area contributed by atoms with Crippen molar-refractivity contribution in [3.63, 3.8) is 0 Å². The highest BCUT2D eigenvalue weighted by Crippen LogP contribution is 2.55. The molecule has 0 saturated heterocycles. The predicted octanol–water partition coefficient (Wildman–Crippen LogP) is 1.12. The maximum Gasteiger partial charge on any atom is 0.255 e. The molecule has 0 bridgehead atoms. The van der Waals surface area contributed by atoms with Gasteiger partial charge in [0, 0.05) is 18.3 Å². The van der Waals surface area contributed by atoms with Crippen LogP contribution in [0.3, 0.4) is 0 Å². The summed E-state index contributed by atoms with van der Waals surface area (Å²) >= 11 is 0. The van der Waals surface area contributed by atoms with Crippen molar-refractivity contribution >= 4 is 34.9 Å². The molecule has 6 rings (SSSR count). The molecule has 1 saturated carbocycles. The number of primary amides is 1. The Morgan fingerprint density at radius 2 is 1.82 bits per heavy atom. The van der Waals surface area contributed by atoms with Gasteiger partial charge in [-0.15, -0.1) is 0 Å². The van der Waals surface area contributed by atoms with Gasteiger partial charge < -0.3 is 40.7 Å². The molecule has 0 radical (unpaired) electrons. The molecule has 2 aromatic rings. The van der Waals surface area contributed by atoms with E-state index in [0.717, 1.165) is 0 Å². The van der Waals surface area contributed by atoms with Crippen molar-refractivity contribution in [3.05, 3.63) is 70.0 Å². The molecule has 1 fully saturated rings. The molecule has 1 aliphatic heterocycles. The van der Waals surface area contributed by atoms with Gasteiger partial charge in [0.1, 0.15) is 22.8 Å². The van der Waals surface area contributed by atoms with Gasteiger partial charge in [-0.2, -0.15) is 0 Å². The second kappa shape index (κ2) is 7.94. The lowest BCUT2D eigenvalue weighted by Crippen LogP contribution is -2.63. The molecule has 0 aromatic heterocycles. The number of hydrogen-bond acceptors (Lipinski definition) is 10. The zero-order valence-electron chi connectivity index (χ0n) is 19.5. The molecule has 4 unspecified atom stereocenters. The van der Waals surface area contributed by atoms with Gasteiger partial charge in [-0.3, -0.25) is 14.4 Å². The first-order valence-electron chi connectivity index (χ1n) is 11.6. The van der Waals surface area contributed by atoms with Gasteiger partial charge in [-0.1, -0.05) is 24.3 Å². The van der Waals surface area contributed by atoms with Gasteiger partial charge in [-0.25, -0.2) is 0 Å². The highest BCUT2D eigenvalue weighted by molar-refractivity contribution is 6.23. The number of aliphatic hydroxyl groups is 4. The molecule has 2 aromatic carbocycles. The molecule has 0 spiro atoms. The number of phenols is 1. The number of carbonyl (C=O) groups excluding carboxylic acids is 3. The molecule has 4 atom stereocenters. The lowest BCUT2D eigenvalue weighted by atomic mass is 9.56. The number of rotatable bonds is 2. The number of ether oxygens (including phenoxy) is 2. The second-order valence-electron chi connectivity index (χ2n) is 9.56. The predicted molar refractivity (Wildman–Crippen MR) is 130 cm³/mol. The lowest BCUT2D eigenvalue weighted by Gasteiger charge is -2.49. The van der Waals surface area contributed by atoms with E-state index in [1.807, 2.05) is 0 Å². The SMILES string of the molecule is NC(=O)C1=C(O)C2(O)C(=O)C3=C(O)c4c(O)cccc4/C(=C\c4ccc5c(c4)OCO5)C3C(O)C2CC1=O. The van der Waals surface area contributed by atoms with Crippen LogP contribution in [0.15, 0.2) is 53.3 Å². The van der Waals surface area contributed by atoms with Gasteiger partial charge in [0.05, 0.1) is 17.2 Å². The molecule has 11 heteroatoms. The highest BCUT2D eigenvalue weighted by atomic mass is 16.7. The van der Waals surface area contributed by atoms with Crippen LogP contribution in [0.2, 0.25) is 0 Å². The Kier molecular flexibility index (Phi) is 4.97. The summed E-state index contributed by atoms with van der Waals surface area (Å²) in [5.74, 6) is -7.75. The van der Waals surface area contributed by atoms with Crippen LogP contribution in [0, 0.1) is 11.8 Å². The molecule has 11 nitrogen and oxygen atoms in total. The lowest BCUT2D eigenvalue weighted by molar-refractivity contribution is -0.157. The smallest absolute Gasteiger partial charge is 0.255 e. The number of carbonyl (C=O) groups is 3. The van der Waals surface area contributed by atoms with Crippen LogP contribution in [0.4, 0.5) is 0 Å². The summed E-state index contributed by atoms with van der Waals surface area (Å²) in [6, 6.07) is 9.42. The van der Waals surface area contributed by atoms with Gasteiger partial charge in [0.2, 0.25) is 12.6 Å².